The van der Waals surface area contributed by atoms with E-state index in [0.717, 1.165) is 5.56 Å². The van der Waals surface area contributed by atoms with Gasteiger partial charge in [0.1, 0.15) is 0 Å². The lowest BCUT2D eigenvalue weighted by Gasteiger charge is -2.26. The molecule has 0 unspecified atom stereocenters. The van der Waals surface area contributed by atoms with Crippen LogP contribution in [0.1, 0.15) is 12.3 Å². The van der Waals surface area contributed by atoms with Crippen LogP contribution in [0.3, 0.4) is 0 Å². The smallest absolute Gasteiger partial charge is 0.227 e. The number of carbonyl (C=O) groups excluding carboxylic acids is 1. The van der Waals surface area contributed by atoms with E-state index in [0.29, 0.717) is 50.9 Å². The maximum absolute atomic E-state index is 12.0. The predicted octanol–water partition coefficient (Wildman–Crippen LogP) is 1.59. The van der Waals surface area contributed by atoms with E-state index < -0.39 is 0 Å². The summed E-state index contributed by atoms with van der Waals surface area (Å²) in [5, 5.41) is 7.86. The summed E-state index contributed by atoms with van der Waals surface area (Å²) >= 11 is 1.59. The molecular weight excluding hydrogens is 278 g/mol. The van der Waals surface area contributed by atoms with Crippen LogP contribution < -0.4 is 0 Å². The SMILES string of the molecule is O=C(CCc1nc(-c2ccsc2)no1)N1CCOCC1. The van der Waals surface area contributed by atoms with E-state index in [1.165, 1.54) is 0 Å². The third-order valence-electron chi connectivity index (χ3n) is 3.16. The number of hydrogen-bond acceptors (Lipinski definition) is 6. The molecule has 0 atom stereocenters. The van der Waals surface area contributed by atoms with Gasteiger partial charge < -0.3 is 14.2 Å². The molecule has 0 aliphatic carbocycles. The zero-order chi connectivity index (χ0) is 13.8. The molecular formula is C13H15N3O3S. The highest BCUT2D eigenvalue weighted by molar-refractivity contribution is 7.08. The minimum atomic E-state index is 0.114. The van der Waals surface area contributed by atoms with Gasteiger partial charge in [-0.15, -0.1) is 0 Å². The Balaban J connectivity index is 1.54. The van der Waals surface area contributed by atoms with E-state index >= 15 is 0 Å². The largest absolute Gasteiger partial charge is 0.378 e. The highest BCUT2D eigenvalue weighted by Gasteiger charge is 2.18. The number of nitrogens with zero attached hydrogens (tertiary/aromatic N) is 3. The number of ether oxygens (including phenoxy) is 1. The van der Waals surface area contributed by atoms with Crippen molar-refractivity contribution in [1.82, 2.24) is 15.0 Å². The van der Waals surface area contributed by atoms with E-state index in [2.05, 4.69) is 10.1 Å². The van der Waals surface area contributed by atoms with Gasteiger partial charge >= 0.3 is 0 Å². The lowest BCUT2D eigenvalue weighted by atomic mass is 10.2. The summed E-state index contributed by atoms with van der Waals surface area (Å²) in [6.07, 6.45) is 0.874. The van der Waals surface area contributed by atoms with Crippen LogP contribution in [0.4, 0.5) is 0 Å². The Kier molecular flexibility index (Phi) is 4.08. The average molecular weight is 293 g/mol. The molecule has 0 radical (unpaired) electrons. The van der Waals surface area contributed by atoms with Gasteiger partial charge in [0.15, 0.2) is 0 Å². The maximum atomic E-state index is 12.0. The molecule has 0 bridgehead atoms. The maximum Gasteiger partial charge on any atom is 0.227 e. The molecule has 1 saturated heterocycles. The van der Waals surface area contributed by atoms with Crippen molar-refractivity contribution in [3.8, 4) is 11.4 Å². The molecule has 0 spiro atoms. The van der Waals surface area contributed by atoms with Crippen LogP contribution in [0.25, 0.3) is 11.4 Å². The lowest BCUT2D eigenvalue weighted by molar-refractivity contribution is -0.135. The molecule has 0 saturated carbocycles. The summed E-state index contributed by atoms with van der Waals surface area (Å²) in [6, 6.07) is 1.94. The molecule has 7 heteroatoms. The van der Waals surface area contributed by atoms with Crippen LogP contribution in [-0.2, 0) is 16.0 Å². The van der Waals surface area contributed by atoms with Crippen molar-refractivity contribution in [2.24, 2.45) is 0 Å². The second-order valence-corrected chi connectivity index (χ2v) is 5.30. The molecule has 20 heavy (non-hydrogen) atoms. The number of thiophene rings is 1. The van der Waals surface area contributed by atoms with Gasteiger partial charge in [0.2, 0.25) is 17.6 Å². The summed E-state index contributed by atoms with van der Waals surface area (Å²) in [4.78, 5) is 18.1. The Labute approximate surface area is 120 Å². The molecule has 1 amide bonds. The predicted molar refractivity (Wildman–Crippen MR) is 73.3 cm³/mol. The summed E-state index contributed by atoms with van der Waals surface area (Å²) in [7, 11) is 0. The molecule has 1 aliphatic heterocycles. The van der Waals surface area contributed by atoms with Crippen molar-refractivity contribution in [2.75, 3.05) is 26.3 Å². The molecule has 2 aromatic heterocycles. The minimum absolute atomic E-state index is 0.114. The number of rotatable bonds is 4. The summed E-state index contributed by atoms with van der Waals surface area (Å²) in [5.74, 6) is 1.21. The fraction of sp³-hybridized carbons (Fsp3) is 0.462. The third-order valence-corrected chi connectivity index (χ3v) is 3.85. The van der Waals surface area contributed by atoms with Gasteiger partial charge in [0.05, 0.1) is 13.2 Å². The zero-order valence-corrected chi connectivity index (χ0v) is 11.8. The fourth-order valence-electron chi connectivity index (χ4n) is 2.05. The molecule has 0 N–H and O–H groups in total. The minimum Gasteiger partial charge on any atom is -0.378 e. The summed E-state index contributed by atoms with van der Waals surface area (Å²) in [6.45, 7) is 2.58. The average Bonchev–Trinajstić information content (AvgIpc) is 3.16. The van der Waals surface area contributed by atoms with Crippen LogP contribution in [0.15, 0.2) is 21.3 Å². The Hall–Kier alpha value is -1.73. The van der Waals surface area contributed by atoms with Gasteiger partial charge in [-0.25, -0.2) is 0 Å². The Morgan fingerprint density at radius 3 is 3.00 bits per heavy atom. The Morgan fingerprint density at radius 1 is 1.40 bits per heavy atom. The van der Waals surface area contributed by atoms with E-state index in [1.54, 1.807) is 11.3 Å². The van der Waals surface area contributed by atoms with Crippen molar-refractivity contribution in [1.29, 1.82) is 0 Å². The van der Waals surface area contributed by atoms with Crippen molar-refractivity contribution in [3.05, 3.63) is 22.7 Å². The normalized spacial score (nSPS) is 15.5. The number of amides is 1. The molecule has 3 rings (SSSR count). The van der Waals surface area contributed by atoms with Gasteiger partial charge in [-0.2, -0.15) is 16.3 Å². The second kappa shape index (κ2) is 6.15. The molecule has 0 aromatic carbocycles. The first-order valence-electron chi connectivity index (χ1n) is 6.53. The van der Waals surface area contributed by atoms with Gasteiger partial charge in [-0.05, 0) is 11.4 Å². The molecule has 2 aromatic rings. The standard InChI is InChI=1S/C13H15N3O3S/c17-12(16-4-6-18-7-5-16)2-1-11-14-13(15-19-11)10-3-8-20-9-10/h3,8-9H,1-2,4-7H2. The van der Waals surface area contributed by atoms with Crippen LogP contribution in [0.2, 0.25) is 0 Å². The van der Waals surface area contributed by atoms with Crippen LogP contribution in [-0.4, -0.2) is 47.3 Å². The van der Waals surface area contributed by atoms with Crippen molar-refractivity contribution in [3.63, 3.8) is 0 Å². The van der Waals surface area contributed by atoms with Crippen LogP contribution in [0, 0.1) is 0 Å². The summed E-state index contributed by atoms with van der Waals surface area (Å²) in [5.41, 5.74) is 0.949. The zero-order valence-electron chi connectivity index (χ0n) is 10.9. The highest BCUT2D eigenvalue weighted by Crippen LogP contribution is 2.19. The highest BCUT2D eigenvalue weighted by atomic mass is 32.1. The lowest BCUT2D eigenvalue weighted by Crippen LogP contribution is -2.40. The topological polar surface area (TPSA) is 68.5 Å². The van der Waals surface area contributed by atoms with E-state index in [9.17, 15) is 4.79 Å². The monoisotopic (exact) mass is 293 g/mol. The van der Waals surface area contributed by atoms with Gasteiger partial charge in [0, 0.05) is 36.9 Å². The first kappa shape index (κ1) is 13.3. The van der Waals surface area contributed by atoms with Crippen molar-refractivity contribution in [2.45, 2.75) is 12.8 Å². The summed E-state index contributed by atoms with van der Waals surface area (Å²) < 4.78 is 10.4. The van der Waals surface area contributed by atoms with Gasteiger partial charge in [-0.1, -0.05) is 5.16 Å². The second-order valence-electron chi connectivity index (χ2n) is 4.52. The van der Waals surface area contributed by atoms with E-state index in [4.69, 9.17) is 9.26 Å². The van der Waals surface area contributed by atoms with Crippen molar-refractivity contribution >= 4 is 17.2 Å². The van der Waals surface area contributed by atoms with Crippen molar-refractivity contribution < 1.29 is 14.1 Å². The quantitative estimate of drug-likeness (QED) is 0.856. The number of hydrogen-bond donors (Lipinski definition) is 0. The number of carbonyl (C=O) groups is 1. The Morgan fingerprint density at radius 2 is 2.25 bits per heavy atom. The Bertz CT molecular complexity index is 561. The molecule has 106 valence electrons. The first-order valence-corrected chi connectivity index (χ1v) is 7.48. The molecule has 1 fully saturated rings. The van der Waals surface area contributed by atoms with E-state index in [1.807, 2.05) is 21.7 Å². The number of aryl methyl sites for hydroxylation is 1. The third kappa shape index (κ3) is 3.05. The molecule has 3 heterocycles. The van der Waals surface area contributed by atoms with Gasteiger partial charge in [0.25, 0.3) is 0 Å². The first-order chi connectivity index (χ1) is 9.83. The molecule has 1 aliphatic rings. The van der Waals surface area contributed by atoms with E-state index in [-0.39, 0.29) is 5.91 Å². The van der Waals surface area contributed by atoms with Crippen LogP contribution in [0.5, 0.6) is 0 Å². The molecule has 6 nitrogen and oxygen atoms in total. The fourth-order valence-corrected chi connectivity index (χ4v) is 2.68. The number of aromatic nitrogens is 2. The number of morpholine rings is 1. The van der Waals surface area contributed by atoms with Crippen LogP contribution >= 0.6 is 11.3 Å². The van der Waals surface area contributed by atoms with Gasteiger partial charge in [-0.3, -0.25) is 4.79 Å².